The summed E-state index contributed by atoms with van der Waals surface area (Å²) in [6, 6.07) is 5.46. The lowest BCUT2D eigenvalue weighted by Gasteiger charge is -2.11. The van der Waals surface area contributed by atoms with Crippen molar-refractivity contribution in [3.8, 4) is 5.82 Å². The molecular formula is C14H11BrN4OS. The fraction of sp³-hybridized carbons (Fsp3) is 0.0714. The Bertz CT molecular complexity index is 796. The number of rotatable bonds is 3. The van der Waals surface area contributed by atoms with Crippen LogP contribution >= 0.6 is 27.3 Å². The lowest BCUT2D eigenvalue weighted by Crippen LogP contribution is -2.14. The minimum absolute atomic E-state index is 0.163. The van der Waals surface area contributed by atoms with Gasteiger partial charge in [-0.25, -0.2) is 9.97 Å². The van der Waals surface area contributed by atoms with Gasteiger partial charge in [0.1, 0.15) is 10.7 Å². The summed E-state index contributed by atoms with van der Waals surface area (Å²) in [6.07, 6.45) is 5.20. The lowest BCUT2D eigenvalue weighted by molar-refractivity contribution is 0.103. The van der Waals surface area contributed by atoms with Crippen LogP contribution in [0.2, 0.25) is 0 Å². The molecule has 3 rings (SSSR count). The second kappa shape index (κ2) is 5.79. The van der Waals surface area contributed by atoms with Crippen LogP contribution in [0.25, 0.3) is 5.82 Å². The van der Waals surface area contributed by atoms with Crippen LogP contribution < -0.4 is 5.32 Å². The summed E-state index contributed by atoms with van der Waals surface area (Å²) in [4.78, 5) is 21.5. The van der Waals surface area contributed by atoms with Crippen molar-refractivity contribution in [3.63, 3.8) is 0 Å². The molecule has 3 aromatic heterocycles. The third-order valence-electron chi connectivity index (χ3n) is 2.91. The average molecular weight is 363 g/mol. The molecule has 0 aromatic carbocycles. The number of anilines is 1. The van der Waals surface area contributed by atoms with Crippen molar-refractivity contribution in [2.24, 2.45) is 0 Å². The fourth-order valence-corrected chi connectivity index (χ4v) is 3.37. The van der Waals surface area contributed by atoms with E-state index in [0.717, 1.165) is 10.3 Å². The van der Waals surface area contributed by atoms with E-state index < -0.39 is 0 Å². The molecule has 0 aliphatic heterocycles. The van der Waals surface area contributed by atoms with Gasteiger partial charge >= 0.3 is 0 Å². The SMILES string of the molecule is Cc1nccn1-c1ncccc1NC(=O)c1sccc1Br. The summed E-state index contributed by atoms with van der Waals surface area (Å²) in [5, 5.41) is 4.76. The summed E-state index contributed by atoms with van der Waals surface area (Å²) in [7, 11) is 0. The maximum absolute atomic E-state index is 12.3. The smallest absolute Gasteiger partial charge is 0.266 e. The second-order valence-corrected chi connectivity index (χ2v) is 6.04. The molecule has 7 heteroatoms. The quantitative estimate of drug-likeness (QED) is 0.773. The van der Waals surface area contributed by atoms with Gasteiger partial charge in [-0.3, -0.25) is 9.36 Å². The molecule has 0 aliphatic rings. The molecule has 0 aliphatic carbocycles. The molecule has 1 amide bonds. The predicted molar refractivity (Wildman–Crippen MR) is 86.1 cm³/mol. The molecule has 3 aromatic rings. The maximum atomic E-state index is 12.3. The van der Waals surface area contributed by atoms with E-state index >= 15 is 0 Å². The van der Waals surface area contributed by atoms with Crippen molar-refractivity contribution in [2.45, 2.75) is 6.92 Å². The monoisotopic (exact) mass is 362 g/mol. The van der Waals surface area contributed by atoms with Gasteiger partial charge in [0.05, 0.1) is 5.69 Å². The third-order valence-corrected chi connectivity index (χ3v) is 4.75. The molecule has 0 fully saturated rings. The van der Waals surface area contributed by atoms with Gasteiger partial charge in [-0.2, -0.15) is 0 Å². The van der Waals surface area contributed by atoms with Crippen LogP contribution in [-0.2, 0) is 0 Å². The highest BCUT2D eigenvalue weighted by atomic mass is 79.9. The van der Waals surface area contributed by atoms with Gasteiger partial charge in [0.25, 0.3) is 5.91 Å². The van der Waals surface area contributed by atoms with E-state index in [9.17, 15) is 4.79 Å². The van der Waals surface area contributed by atoms with Crippen molar-refractivity contribution in [2.75, 3.05) is 5.32 Å². The van der Waals surface area contributed by atoms with Gasteiger partial charge in [0.2, 0.25) is 0 Å². The second-order valence-electron chi connectivity index (χ2n) is 4.27. The van der Waals surface area contributed by atoms with Gasteiger partial charge in [0.15, 0.2) is 5.82 Å². The summed E-state index contributed by atoms with van der Waals surface area (Å²) >= 11 is 4.75. The number of pyridine rings is 1. The summed E-state index contributed by atoms with van der Waals surface area (Å²) < 4.78 is 2.62. The molecule has 1 N–H and O–H groups in total. The third kappa shape index (κ3) is 2.74. The Morgan fingerprint density at radius 3 is 2.86 bits per heavy atom. The van der Waals surface area contributed by atoms with Crippen LogP contribution in [0.1, 0.15) is 15.5 Å². The topological polar surface area (TPSA) is 59.8 Å². The highest BCUT2D eigenvalue weighted by Crippen LogP contribution is 2.25. The van der Waals surface area contributed by atoms with Crippen molar-refractivity contribution in [1.29, 1.82) is 0 Å². The summed E-state index contributed by atoms with van der Waals surface area (Å²) in [5.41, 5.74) is 0.643. The Kier molecular flexibility index (Phi) is 3.85. The molecule has 0 saturated carbocycles. The highest BCUT2D eigenvalue weighted by Gasteiger charge is 2.15. The normalized spacial score (nSPS) is 10.6. The molecule has 0 unspecified atom stereocenters. The molecule has 0 atom stereocenters. The first kappa shape index (κ1) is 14.0. The van der Waals surface area contributed by atoms with Gasteiger partial charge in [-0.15, -0.1) is 11.3 Å². The zero-order valence-electron chi connectivity index (χ0n) is 11.1. The number of nitrogens with one attached hydrogen (secondary N) is 1. The average Bonchev–Trinajstić information content (AvgIpc) is 3.08. The molecule has 0 saturated heterocycles. The molecule has 21 heavy (non-hydrogen) atoms. The van der Waals surface area contributed by atoms with E-state index in [-0.39, 0.29) is 5.91 Å². The standard InChI is InChI=1S/C14H11BrN4OS/c1-9-16-6-7-19(9)13-11(3-2-5-17-13)18-14(20)12-10(15)4-8-21-12/h2-8H,1H3,(H,18,20). The first-order chi connectivity index (χ1) is 10.2. The summed E-state index contributed by atoms with van der Waals surface area (Å²) in [6.45, 7) is 1.89. The van der Waals surface area contributed by atoms with Crippen LogP contribution in [-0.4, -0.2) is 20.4 Å². The van der Waals surface area contributed by atoms with E-state index in [1.54, 1.807) is 18.5 Å². The van der Waals surface area contributed by atoms with Crippen LogP contribution in [0.5, 0.6) is 0 Å². The van der Waals surface area contributed by atoms with Crippen molar-refractivity contribution < 1.29 is 4.79 Å². The zero-order valence-corrected chi connectivity index (χ0v) is 13.5. The van der Waals surface area contributed by atoms with E-state index in [0.29, 0.717) is 16.4 Å². The molecule has 0 bridgehead atoms. The van der Waals surface area contributed by atoms with Crippen LogP contribution in [0, 0.1) is 6.92 Å². The number of carbonyl (C=O) groups is 1. The molecule has 5 nitrogen and oxygen atoms in total. The molecule has 106 valence electrons. The Morgan fingerprint density at radius 1 is 1.33 bits per heavy atom. The van der Waals surface area contributed by atoms with Crippen molar-refractivity contribution in [3.05, 3.63) is 57.3 Å². The number of nitrogens with zero attached hydrogens (tertiary/aromatic N) is 3. The number of halogens is 1. The Balaban J connectivity index is 1.95. The minimum atomic E-state index is -0.163. The van der Waals surface area contributed by atoms with Gasteiger partial charge in [-0.1, -0.05) is 0 Å². The van der Waals surface area contributed by atoms with Crippen LogP contribution in [0.15, 0.2) is 46.6 Å². The van der Waals surface area contributed by atoms with Crippen LogP contribution in [0.4, 0.5) is 5.69 Å². The van der Waals surface area contributed by atoms with Crippen molar-refractivity contribution >= 4 is 38.9 Å². The Labute approximate surface area is 133 Å². The zero-order chi connectivity index (χ0) is 14.8. The molecule has 0 radical (unpaired) electrons. The van der Waals surface area contributed by atoms with E-state index in [4.69, 9.17) is 0 Å². The largest absolute Gasteiger partial charge is 0.318 e. The van der Waals surface area contributed by atoms with E-state index in [1.165, 1.54) is 11.3 Å². The number of amides is 1. The van der Waals surface area contributed by atoms with Gasteiger partial charge < -0.3 is 5.32 Å². The summed E-state index contributed by atoms with van der Waals surface area (Å²) in [5.74, 6) is 1.29. The Hall–Kier alpha value is -1.99. The number of carbonyl (C=O) groups excluding carboxylic acids is 1. The lowest BCUT2D eigenvalue weighted by atomic mass is 10.3. The highest BCUT2D eigenvalue weighted by molar-refractivity contribution is 9.10. The number of imidazole rings is 1. The molecular weight excluding hydrogens is 352 g/mol. The fourth-order valence-electron chi connectivity index (χ4n) is 1.92. The first-order valence-electron chi connectivity index (χ1n) is 6.16. The van der Waals surface area contributed by atoms with E-state index in [2.05, 4.69) is 31.2 Å². The predicted octanol–water partition coefficient (Wildman–Crippen LogP) is 3.65. The van der Waals surface area contributed by atoms with Gasteiger partial charge in [0, 0.05) is 23.1 Å². The maximum Gasteiger partial charge on any atom is 0.266 e. The van der Waals surface area contributed by atoms with Crippen molar-refractivity contribution in [1.82, 2.24) is 14.5 Å². The Morgan fingerprint density at radius 2 is 2.19 bits per heavy atom. The number of aromatic nitrogens is 3. The van der Waals surface area contributed by atoms with Gasteiger partial charge in [-0.05, 0) is 46.4 Å². The van der Waals surface area contributed by atoms with E-state index in [1.807, 2.05) is 35.2 Å². The van der Waals surface area contributed by atoms with Crippen LogP contribution in [0.3, 0.4) is 0 Å². The number of aryl methyl sites for hydroxylation is 1. The molecule has 3 heterocycles. The molecule has 0 spiro atoms. The number of hydrogen-bond donors (Lipinski definition) is 1. The minimum Gasteiger partial charge on any atom is -0.318 e. The number of thiophene rings is 1. The number of hydrogen-bond acceptors (Lipinski definition) is 4. The first-order valence-corrected chi connectivity index (χ1v) is 7.84.